The van der Waals surface area contributed by atoms with Gasteiger partial charge in [0.05, 0.1) is 19.3 Å². The molecule has 2 heterocycles. The van der Waals surface area contributed by atoms with Gasteiger partial charge in [0.1, 0.15) is 0 Å². The molecule has 1 saturated heterocycles. The van der Waals surface area contributed by atoms with Crippen molar-refractivity contribution in [1.29, 1.82) is 0 Å². The van der Waals surface area contributed by atoms with Crippen molar-refractivity contribution in [2.45, 2.75) is 12.1 Å². The van der Waals surface area contributed by atoms with Crippen molar-refractivity contribution in [3.05, 3.63) is 108 Å². The number of carbonyl (C=O) groups is 1. The van der Waals surface area contributed by atoms with Crippen LogP contribution in [0.1, 0.15) is 33.6 Å². The Morgan fingerprint density at radius 2 is 1.52 bits per heavy atom. The fourth-order valence-corrected chi connectivity index (χ4v) is 4.58. The highest BCUT2D eigenvalue weighted by Crippen LogP contribution is 2.28. The van der Waals surface area contributed by atoms with Gasteiger partial charge in [-0.15, -0.1) is 0 Å². The predicted octanol–water partition coefficient (Wildman–Crippen LogP) is 4.76. The molecule has 1 fully saturated rings. The van der Waals surface area contributed by atoms with Gasteiger partial charge in [0.25, 0.3) is 0 Å². The van der Waals surface area contributed by atoms with Gasteiger partial charge in [-0.3, -0.25) is 15.0 Å². The van der Waals surface area contributed by atoms with Crippen LogP contribution < -0.4 is 5.32 Å². The summed E-state index contributed by atoms with van der Waals surface area (Å²) < 4.78 is 5.55. The summed E-state index contributed by atoms with van der Waals surface area (Å²) in [6.45, 7) is 4.11. The highest BCUT2D eigenvalue weighted by molar-refractivity contribution is 6.10. The summed E-state index contributed by atoms with van der Waals surface area (Å²) in [5.41, 5.74) is 3.83. The number of carbonyl (C=O) groups excluding carboxylic acids is 1. The van der Waals surface area contributed by atoms with E-state index in [2.05, 4.69) is 39.5 Å². The van der Waals surface area contributed by atoms with Crippen molar-refractivity contribution >= 4 is 16.7 Å². The normalized spacial score (nSPS) is 16.5. The standard InChI is InChI=1S/C28H29N3O2/c32-28(24-19-29-25-14-8-7-13-23(24)25)27(22-11-5-2-6-12-22)30-26(21-9-3-1-4-10-21)20-31-15-17-33-18-16-31/h1-14,19,26-27,29-30H,15-18,20H2. The van der Waals surface area contributed by atoms with Gasteiger partial charge in [-0.05, 0) is 17.2 Å². The van der Waals surface area contributed by atoms with E-state index in [0.717, 1.165) is 49.3 Å². The Hall–Kier alpha value is -3.25. The van der Waals surface area contributed by atoms with Crippen LogP contribution in [0.4, 0.5) is 0 Å². The van der Waals surface area contributed by atoms with Crippen molar-refractivity contribution < 1.29 is 9.53 Å². The van der Waals surface area contributed by atoms with Crippen molar-refractivity contribution in [3.63, 3.8) is 0 Å². The van der Waals surface area contributed by atoms with E-state index in [-0.39, 0.29) is 11.8 Å². The molecular formula is C28H29N3O2. The zero-order chi connectivity index (χ0) is 22.5. The highest BCUT2D eigenvalue weighted by atomic mass is 16.5. The maximum atomic E-state index is 14.0. The number of hydrogen-bond donors (Lipinski definition) is 2. The van der Waals surface area contributed by atoms with Crippen LogP contribution in [0.5, 0.6) is 0 Å². The number of nitrogens with zero attached hydrogens (tertiary/aromatic N) is 1. The van der Waals surface area contributed by atoms with Crippen LogP contribution in [-0.2, 0) is 4.74 Å². The molecule has 4 aromatic rings. The molecule has 1 aromatic heterocycles. The van der Waals surface area contributed by atoms with Crippen molar-refractivity contribution in [2.75, 3.05) is 32.8 Å². The quantitative estimate of drug-likeness (QED) is 0.389. The van der Waals surface area contributed by atoms with Gasteiger partial charge in [-0.25, -0.2) is 0 Å². The maximum absolute atomic E-state index is 14.0. The van der Waals surface area contributed by atoms with Crippen LogP contribution in [0.3, 0.4) is 0 Å². The molecule has 0 radical (unpaired) electrons. The fraction of sp³-hybridized carbons (Fsp3) is 0.250. The average Bonchev–Trinajstić information content (AvgIpc) is 3.32. The van der Waals surface area contributed by atoms with Gasteiger partial charge < -0.3 is 9.72 Å². The molecule has 5 nitrogen and oxygen atoms in total. The Bertz CT molecular complexity index is 1180. The Labute approximate surface area is 194 Å². The molecule has 1 aliphatic heterocycles. The summed E-state index contributed by atoms with van der Waals surface area (Å²) in [6, 6.07) is 27.9. The van der Waals surface area contributed by atoms with Gasteiger partial charge in [0, 0.05) is 48.3 Å². The monoisotopic (exact) mass is 439 g/mol. The summed E-state index contributed by atoms with van der Waals surface area (Å²) >= 11 is 0. The SMILES string of the molecule is O=C(c1c[nH]c2ccccc12)C(NC(CN1CCOCC1)c1ccccc1)c1ccccc1. The van der Waals surface area contributed by atoms with Crippen LogP contribution in [-0.4, -0.2) is 48.5 Å². The van der Waals surface area contributed by atoms with Gasteiger partial charge >= 0.3 is 0 Å². The number of aromatic nitrogens is 1. The first kappa shape index (κ1) is 21.6. The third-order valence-electron chi connectivity index (χ3n) is 6.36. The molecule has 3 aromatic carbocycles. The van der Waals surface area contributed by atoms with E-state index in [1.165, 1.54) is 5.56 Å². The summed E-state index contributed by atoms with van der Waals surface area (Å²) in [5, 5.41) is 4.69. The van der Waals surface area contributed by atoms with E-state index in [1.807, 2.05) is 66.9 Å². The Morgan fingerprint density at radius 3 is 2.24 bits per heavy atom. The number of fused-ring (bicyclic) bond motifs is 1. The molecule has 168 valence electrons. The number of hydrogen-bond acceptors (Lipinski definition) is 4. The van der Waals surface area contributed by atoms with Crippen LogP contribution in [0.15, 0.2) is 91.1 Å². The molecule has 1 aliphatic rings. The molecule has 0 amide bonds. The molecule has 2 unspecified atom stereocenters. The number of benzene rings is 3. The minimum absolute atomic E-state index is 0.00339. The van der Waals surface area contributed by atoms with E-state index in [4.69, 9.17) is 4.74 Å². The molecule has 2 atom stereocenters. The topological polar surface area (TPSA) is 57.4 Å². The lowest BCUT2D eigenvalue weighted by Gasteiger charge is -2.33. The average molecular weight is 440 g/mol. The van der Waals surface area contributed by atoms with Crippen LogP contribution in [0.25, 0.3) is 10.9 Å². The number of para-hydroxylation sites is 1. The summed E-state index contributed by atoms with van der Waals surface area (Å²) in [6.07, 6.45) is 1.84. The smallest absolute Gasteiger partial charge is 0.186 e. The van der Waals surface area contributed by atoms with E-state index < -0.39 is 6.04 Å². The molecule has 0 aliphatic carbocycles. The first-order valence-corrected chi connectivity index (χ1v) is 11.6. The minimum Gasteiger partial charge on any atom is -0.379 e. The molecule has 33 heavy (non-hydrogen) atoms. The van der Waals surface area contributed by atoms with Gasteiger partial charge in [0.15, 0.2) is 5.78 Å². The number of ketones is 1. The second-order valence-corrected chi connectivity index (χ2v) is 8.50. The summed E-state index contributed by atoms with van der Waals surface area (Å²) in [4.78, 5) is 19.6. The number of aromatic amines is 1. The minimum atomic E-state index is -0.461. The van der Waals surface area contributed by atoms with E-state index >= 15 is 0 Å². The van der Waals surface area contributed by atoms with E-state index in [9.17, 15) is 4.79 Å². The first-order chi connectivity index (χ1) is 16.3. The Kier molecular flexibility index (Phi) is 6.63. The number of Topliss-reactive ketones (excluding diaryl/α,β-unsaturated/α-hetero) is 1. The molecule has 0 saturated carbocycles. The van der Waals surface area contributed by atoms with Crippen LogP contribution >= 0.6 is 0 Å². The second-order valence-electron chi connectivity index (χ2n) is 8.50. The summed E-state index contributed by atoms with van der Waals surface area (Å²) in [5.74, 6) is 0.0709. The molecule has 5 heteroatoms. The Balaban J connectivity index is 1.50. The maximum Gasteiger partial charge on any atom is 0.186 e. The number of rotatable bonds is 8. The third-order valence-corrected chi connectivity index (χ3v) is 6.36. The Morgan fingerprint density at radius 1 is 0.879 bits per heavy atom. The number of nitrogens with one attached hydrogen (secondary N) is 2. The van der Waals surface area contributed by atoms with Crippen LogP contribution in [0.2, 0.25) is 0 Å². The van der Waals surface area contributed by atoms with Crippen molar-refractivity contribution in [1.82, 2.24) is 15.2 Å². The molecular weight excluding hydrogens is 410 g/mol. The molecule has 0 bridgehead atoms. The van der Waals surface area contributed by atoms with Crippen molar-refractivity contribution in [3.8, 4) is 0 Å². The lowest BCUT2D eigenvalue weighted by molar-refractivity contribution is 0.0326. The van der Waals surface area contributed by atoms with Crippen molar-refractivity contribution in [2.24, 2.45) is 0 Å². The van der Waals surface area contributed by atoms with Gasteiger partial charge in [0.2, 0.25) is 0 Å². The lowest BCUT2D eigenvalue weighted by atomic mass is 9.95. The van der Waals surface area contributed by atoms with Gasteiger partial charge in [-0.2, -0.15) is 0 Å². The molecule has 5 rings (SSSR count). The number of H-pyrrole nitrogens is 1. The van der Waals surface area contributed by atoms with Crippen LogP contribution in [0, 0.1) is 0 Å². The highest BCUT2D eigenvalue weighted by Gasteiger charge is 2.28. The molecule has 2 N–H and O–H groups in total. The first-order valence-electron chi connectivity index (χ1n) is 11.6. The van der Waals surface area contributed by atoms with E-state index in [1.54, 1.807) is 0 Å². The molecule has 0 spiro atoms. The predicted molar refractivity (Wildman–Crippen MR) is 131 cm³/mol. The zero-order valence-electron chi connectivity index (χ0n) is 18.6. The second kappa shape index (κ2) is 10.1. The number of morpholine rings is 1. The lowest BCUT2D eigenvalue weighted by Crippen LogP contribution is -2.43. The zero-order valence-corrected chi connectivity index (χ0v) is 18.6. The van der Waals surface area contributed by atoms with E-state index in [0.29, 0.717) is 5.56 Å². The third kappa shape index (κ3) is 4.91. The number of ether oxygens (including phenoxy) is 1. The fourth-order valence-electron chi connectivity index (χ4n) is 4.58. The summed E-state index contributed by atoms with van der Waals surface area (Å²) in [7, 11) is 0. The van der Waals surface area contributed by atoms with Gasteiger partial charge in [-0.1, -0.05) is 78.9 Å². The largest absolute Gasteiger partial charge is 0.379 e.